The van der Waals surface area contributed by atoms with Crippen LogP contribution in [-0.4, -0.2) is 39.6 Å². The number of carbonyl (C=O) groups excluding carboxylic acids is 1. The molecule has 1 amide bonds. The number of benzene rings is 1. The SMILES string of the molecule is Cc1[nH]c(SCC(=O)N(C)C2CCC(C)CC2)nc1Cc1ccccc1. The van der Waals surface area contributed by atoms with Crippen molar-refractivity contribution >= 4 is 17.7 Å². The zero-order valence-corrected chi connectivity index (χ0v) is 16.8. The average Bonchev–Trinajstić information content (AvgIpc) is 3.00. The zero-order chi connectivity index (χ0) is 18.5. The van der Waals surface area contributed by atoms with Gasteiger partial charge in [-0.25, -0.2) is 4.98 Å². The van der Waals surface area contributed by atoms with Crippen molar-refractivity contribution < 1.29 is 4.79 Å². The van der Waals surface area contributed by atoms with E-state index in [-0.39, 0.29) is 5.91 Å². The summed E-state index contributed by atoms with van der Waals surface area (Å²) in [4.78, 5) is 22.5. The number of nitrogens with zero attached hydrogens (tertiary/aromatic N) is 2. The number of rotatable bonds is 6. The summed E-state index contributed by atoms with van der Waals surface area (Å²) in [7, 11) is 1.96. The fraction of sp³-hybridized carbons (Fsp3) is 0.524. The fourth-order valence-corrected chi connectivity index (χ4v) is 4.43. The van der Waals surface area contributed by atoms with Gasteiger partial charge in [-0.15, -0.1) is 0 Å². The molecule has 1 heterocycles. The van der Waals surface area contributed by atoms with Gasteiger partial charge in [0.05, 0.1) is 11.4 Å². The highest BCUT2D eigenvalue weighted by atomic mass is 32.2. The molecule has 1 aromatic heterocycles. The van der Waals surface area contributed by atoms with Crippen molar-refractivity contribution in [2.75, 3.05) is 12.8 Å². The molecular formula is C21H29N3OS. The summed E-state index contributed by atoms with van der Waals surface area (Å²) in [5.74, 6) is 1.45. The number of H-pyrrole nitrogens is 1. The van der Waals surface area contributed by atoms with Gasteiger partial charge in [-0.05, 0) is 44.1 Å². The first kappa shape index (κ1) is 19.0. The standard InChI is InChI=1S/C21H29N3OS/c1-15-9-11-18(12-10-15)24(3)20(25)14-26-21-22-16(2)19(23-21)13-17-7-5-4-6-8-17/h4-8,15,18H,9-14H2,1-3H3,(H,22,23). The smallest absolute Gasteiger partial charge is 0.233 e. The number of amides is 1. The van der Waals surface area contributed by atoms with Gasteiger partial charge in [0, 0.05) is 25.2 Å². The number of aromatic amines is 1. The van der Waals surface area contributed by atoms with E-state index in [9.17, 15) is 4.79 Å². The summed E-state index contributed by atoms with van der Waals surface area (Å²) < 4.78 is 0. The first-order valence-electron chi connectivity index (χ1n) is 9.50. The molecule has 1 aliphatic rings. The van der Waals surface area contributed by atoms with E-state index in [0.717, 1.165) is 41.7 Å². The Morgan fingerprint density at radius 1 is 1.23 bits per heavy atom. The first-order chi connectivity index (χ1) is 12.5. The fourth-order valence-electron chi connectivity index (χ4n) is 3.56. The molecule has 3 rings (SSSR count). The summed E-state index contributed by atoms with van der Waals surface area (Å²) in [6.07, 6.45) is 5.55. The minimum atomic E-state index is 0.202. The van der Waals surface area contributed by atoms with Gasteiger partial charge >= 0.3 is 0 Å². The summed E-state index contributed by atoms with van der Waals surface area (Å²) in [6, 6.07) is 10.8. The molecule has 1 N–H and O–H groups in total. The van der Waals surface area contributed by atoms with Crippen LogP contribution in [0.3, 0.4) is 0 Å². The molecule has 1 aromatic carbocycles. The van der Waals surface area contributed by atoms with Crippen LogP contribution in [0.5, 0.6) is 0 Å². The van der Waals surface area contributed by atoms with Gasteiger partial charge in [0.1, 0.15) is 0 Å². The van der Waals surface area contributed by atoms with Gasteiger partial charge in [0.2, 0.25) is 5.91 Å². The van der Waals surface area contributed by atoms with Crippen molar-refractivity contribution in [3.05, 3.63) is 47.3 Å². The lowest BCUT2D eigenvalue weighted by Gasteiger charge is -2.33. The van der Waals surface area contributed by atoms with Gasteiger partial charge in [-0.2, -0.15) is 0 Å². The highest BCUT2D eigenvalue weighted by Crippen LogP contribution is 2.27. The molecule has 26 heavy (non-hydrogen) atoms. The molecule has 0 unspecified atom stereocenters. The van der Waals surface area contributed by atoms with Gasteiger partial charge in [-0.3, -0.25) is 4.79 Å². The van der Waals surface area contributed by atoms with Crippen molar-refractivity contribution in [1.82, 2.24) is 14.9 Å². The summed E-state index contributed by atoms with van der Waals surface area (Å²) in [5, 5.41) is 0.840. The molecule has 0 atom stereocenters. The minimum absolute atomic E-state index is 0.202. The number of thioether (sulfide) groups is 1. The van der Waals surface area contributed by atoms with Crippen LogP contribution in [0.2, 0.25) is 0 Å². The van der Waals surface area contributed by atoms with Crippen LogP contribution in [-0.2, 0) is 11.2 Å². The molecule has 2 aromatic rings. The first-order valence-corrected chi connectivity index (χ1v) is 10.5. The predicted octanol–water partition coefficient (Wildman–Crippen LogP) is 4.44. The second-order valence-corrected chi connectivity index (χ2v) is 8.45. The Balaban J connectivity index is 1.53. The predicted molar refractivity (Wildman–Crippen MR) is 107 cm³/mol. The second-order valence-electron chi connectivity index (χ2n) is 7.48. The number of aromatic nitrogens is 2. The Morgan fingerprint density at radius 2 is 1.92 bits per heavy atom. The number of hydrogen-bond donors (Lipinski definition) is 1. The maximum Gasteiger partial charge on any atom is 0.233 e. The molecule has 1 fully saturated rings. The molecule has 4 nitrogen and oxygen atoms in total. The molecule has 0 aliphatic heterocycles. The largest absolute Gasteiger partial charge is 0.342 e. The highest BCUT2D eigenvalue weighted by Gasteiger charge is 2.24. The molecule has 140 valence electrons. The van der Waals surface area contributed by atoms with E-state index in [1.165, 1.54) is 30.2 Å². The zero-order valence-electron chi connectivity index (χ0n) is 16.0. The van der Waals surface area contributed by atoms with Crippen molar-refractivity contribution in [2.45, 2.75) is 57.1 Å². The molecule has 0 spiro atoms. The topological polar surface area (TPSA) is 49.0 Å². The van der Waals surface area contributed by atoms with E-state index in [1.54, 1.807) is 0 Å². The maximum absolute atomic E-state index is 12.5. The van der Waals surface area contributed by atoms with Crippen LogP contribution < -0.4 is 0 Å². The van der Waals surface area contributed by atoms with E-state index in [0.29, 0.717) is 11.8 Å². The Hall–Kier alpha value is -1.75. The summed E-state index contributed by atoms with van der Waals surface area (Å²) >= 11 is 1.51. The van der Waals surface area contributed by atoms with Gasteiger partial charge in [0.25, 0.3) is 0 Å². The Labute approximate surface area is 160 Å². The number of aryl methyl sites for hydroxylation is 1. The lowest BCUT2D eigenvalue weighted by atomic mass is 9.87. The summed E-state index contributed by atoms with van der Waals surface area (Å²) in [6.45, 7) is 4.35. The average molecular weight is 372 g/mol. The summed E-state index contributed by atoms with van der Waals surface area (Å²) in [5.41, 5.74) is 3.39. The number of imidazole rings is 1. The molecule has 5 heteroatoms. The van der Waals surface area contributed by atoms with Crippen LogP contribution in [0.1, 0.15) is 49.6 Å². The van der Waals surface area contributed by atoms with Crippen LogP contribution >= 0.6 is 11.8 Å². The molecule has 0 radical (unpaired) electrons. The third-order valence-corrected chi connectivity index (χ3v) is 6.30. The number of hydrogen-bond acceptors (Lipinski definition) is 3. The maximum atomic E-state index is 12.5. The Kier molecular flexibility index (Phi) is 6.41. The van der Waals surface area contributed by atoms with E-state index in [4.69, 9.17) is 4.98 Å². The van der Waals surface area contributed by atoms with Crippen LogP contribution in [0.15, 0.2) is 35.5 Å². The molecule has 0 bridgehead atoms. The quantitative estimate of drug-likeness (QED) is 0.764. The van der Waals surface area contributed by atoms with E-state index >= 15 is 0 Å². The number of carbonyl (C=O) groups is 1. The second kappa shape index (κ2) is 8.76. The van der Waals surface area contributed by atoms with Gasteiger partial charge in [0.15, 0.2) is 5.16 Å². The third kappa shape index (κ3) is 4.91. The van der Waals surface area contributed by atoms with Crippen LogP contribution in [0.25, 0.3) is 0 Å². The molecule has 1 aliphatic carbocycles. The Bertz CT molecular complexity index is 720. The third-order valence-electron chi connectivity index (χ3n) is 5.44. The van der Waals surface area contributed by atoms with Crippen LogP contribution in [0, 0.1) is 12.8 Å². The lowest BCUT2D eigenvalue weighted by molar-refractivity contribution is -0.129. The van der Waals surface area contributed by atoms with Crippen molar-refractivity contribution in [1.29, 1.82) is 0 Å². The van der Waals surface area contributed by atoms with Crippen LogP contribution in [0.4, 0.5) is 0 Å². The van der Waals surface area contributed by atoms with Crippen molar-refractivity contribution in [3.8, 4) is 0 Å². The molecule has 1 saturated carbocycles. The highest BCUT2D eigenvalue weighted by molar-refractivity contribution is 7.99. The molecular weight excluding hydrogens is 342 g/mol. The van der Waals surface area contributed by atoms with E-state index < -0.39 is 0 Å². The van der Waals surface area contributed by atoms with Gasteiger partial charge in [-0.1, -0.05) is 49.0 Å². The normalized spacial score (nSPS) is 20.1. The van der Waals surface area contributed by atoms with Crippen molar-refractivity contribution in [2.24, 2.45) is 5.92 Å². The Morgan fingerprint density at radius 3 is 2.62 bits per heavy atom. The lowest BCUT2D eigenvalue weighted by Crippen LogP contribution is -2.40. The van der Waals surface area contributed by atoms with E-state index in [2.05, 4.69) is 24.0 Å². The van der Waals surface area contributed by atoms with E-state index in [1.807, 2.05) is 37.1 Å². The monoisotopic (exact) mass is 371 g/mol. The molecule has 0 saturated heterocycles. The van der Waals surface area contributed by atoms with Gasteiger partial charge < -0.3 is 9.88 Å². The number of nitrogens with one attached hydrogen (secondary N) is 1. The van der Waals surface area contributed by atoms with Crippen molar-refractivity contribution in [3.63, 3.8) is 0 Å². The minimum Gasteiger partial charge on any atom is -0.342 e.